The third kappa shape index (κ3) is 2.90. The molecule has 0 heterocycles. The van der Waals surface area contributed by atoms with Crippen LogP contribution in [0.1, 0.15) is 52.6 Å². The standard InChI is InChI=1S/C19H26N2/c1-6-17(15-7-11(2)18(20)12(3)8-15)16-9-13(4)19(21)14(5)10-16/h7-10,17H,6,20-21H2,1-5H3. The number of nitrogens with two attached hydrogens (primary N) is 2. The van der Waals surface area contributed by atoms with E-state index in [9.17, 15) is 0 Å². The maximum atomic E-state index is 6.08. The van der Waals surface area contributed by atoms with Crippen LogP contribution in [0.2, 0.25) is 0 Å². The zero-order valence-electron chi connectivity index (χ0n) is 13.7. The van der Waals surface area contributed by atoms with Crippen LogP contribution in [0, 0.1) is 27.7 Å². The van der Waals surface area contributed by atoms with Gasteiger partial charge >= 0.3 is 0 Å². The second-order valence-corrected chi connectivity index (χ2v) is 6.10. The summed E-state index contributed by atoms with van der Waals surface area (Å²) < 4.78 is 0. The zero-order chi connectivity index (χ0) is 15.7. The molecule has 0 aliphatic heterocycles. The highest BCUT2D eigenvalue weighted by atomic mass is 14.6. The molecule has 0 aromatic heterocycles. The minimum Gasteiger partial charge on any atom is -0.398 e. The van der Waals surface area contributed by atoms with Gasteiger partial charge in [0.15, 0.2) is 0 Å². The van der Waals surface area contributed by atoms with Crippen LogP contribution in [-0.4, -0.2) is 0 Å². The van der Waals surface area contributed by atoms with E-state index in [2.05, 4.69) is 58.9 Å². The number of aryl methyl sites for hydroxylation is 4. The Morgan fingerprint density at radius 1 is 0.714 bits per heavy atom. The van der Waals surface area contributed by atoms with E-state index in [1.165, 1.54) is 11.1 Å². The first-order valence-corrected chi connectivity index (χ1v) is 7.58. The Bertz CT molecular complexity index is 568. The summed E-state index contributed by atoms with van der Waals surface area (Å²) in [5.74, 6) is 0.390. The van der Waals surface area contributed by atoms with Crippen molar-refractivity contribution in [1.82, 2.24) is 0 Å². The van der Waals surface area contributed by atoms with Crippen LogP contribution < -0.4 is 11.5 Å². The van der Waals surface area contributed by atoms with Crippen molar-refractivity contribution >= 4 is 11.4 Å². The highest BCUT2D eigenvalue weighted by Crippen LogP contribution is 2.33. The molecule has 0 aliphatic rings. The van der Waals surface area contributed by atoms with E-state index in [1.54, 1.807) is 0 Å². The summed E-state index contributed by atoms with van der Waals surface area (Å²) in [5.41, 5.74) is 21.3. The van der Waals surface area contributed by atoms with Gasteiger partial charge in [0.05, 0.1) is 0 Å². The Hall–Kier alpha value is -1.96. The van der Waals surface area contributed by atoms with E-state index in [0.717, 1.165) is 40.0 Å². The Kier molecular flexibility index (Phi) is 4.26. The molecular weight excluding hydrogens is 256 g/mol. The normalized spacial score (nSPS) is 11.1. The fourth-order valence-electron chi connectivity index (χ4n) is 3.08. The van der Waals surface area contributed by atoms with Crippen LogP contribution in [-0.2, 0) is 0 Å². The molecule has 0 amide bonds. The third-order valence-electron chi connectivity index (χ3n) is 4.45. The molecule has 0 atom stereocenters. The summed E-state index contributed by atoms with van der Waals surface area (Å²) in [4.78, 5) is 0. The minimum atomic E-state index is 0.390. The van der Waals surface area contributed by atoms with Crippen molar-refractivity contribution in [2.24, 2.45) is 0 Å². The quantitative estimate of drug-likeness (QED) is 0.807. The van der Waals surface area contributed by atoms with Crippen molar-refractivity contribution in [3.63, 3.8) is 0 Å². The predicted octanol–water partition coefficient (Wildman–Crippen LogP) is 4.63. The van der Waals surface area contributed by atoms with Crippen LogP contribution in [0.4, 0.5) is 11.4 Å². The van der Waals surface area contributed by atoms with Gasteiger partial charge < -0.3 is 11.5 Å². The largest absolute Gasteiger partial charge is 0.398 e. The Morgan fingerprint density at radius 3 is 1.24 bits per heavy atom. The number of hydrogen-bond donors (Lipinski definition) is 2. The van der Waals surface area contributed by atoms with Gasteiger partial charge in [-0.1, -0.05) is 31.2 Å². The summed E-state index contributed by atoms with van der Waals surface area (Å²) in [6.45, 7) is 10.6. The molecule has 0 saturated heterocycles. The summed E-state index contributed by atoms with van der Waals surface area (Å²) in [6.07, 6.45) is 1.06. The highest BCUT2D eigenvalue weighted by molar-refractivity contribution is 5.58. The van der Waals surface area contributed by atoms with E-state index < -0.39 is 0 Å². The Labute approximate surface area is 128 Å². The molecule has 0 unspecified atom stereocenters. The van der Waals surface area contributed by atoms with Gasteiger partial charge in [0.25, 0.3) is 0 Å². The van der Waals surface area contributed by atoms with Crippen molar-refractivity contribution in [1.29, 1.82) is 0 Å². The first-order valence-electron chi connectivity index (χ1n) is 7.58. The van der Waals surface area contributed by atoms with Gasteiger partial charge in [-0.15, -0.1) is 0 Å². The van der Waals surface area contributed by atoms with Gasteiger partial charge in [-0.25, -0.2) is 0 Å². The van der Waals surface area contributed by atoms with Gasteiger partial charge in [0.2, 0.25) is 0 Å². The average Bonchev–Trinajstić information content (AvgIpc) is 2.42. The molecule has 0 fully saturated rings. The first kappa shape index (κ1) is 15.4. The maximum Gasteiger partial charge on any atom is 0.0373 e. The van der Waals surface area contributed by atoms with E-state index >= 15 is 0 Å². The average molecular weight is 282 g/mol. The van der Waals surface area contributed by atoms with Crippen LogP contribution >= 0.6 is 0 Å². The van der Waals surface area contributed by atoms with Crippen LogP contribution in [0.25, 0.3) is 0 Å². The molecule has 0 aliphatic carbocycles. The zero-order valence-corrected chi connectivity index (χ0v) is 13.7. The summed E-state index contributed by atoms with van der Waals surface area (Å²) >= 11 is 0. The van der Waals surface area contributed by atoms with Crippen molar-refractivity contribution in [2.75, 3.05) is 11.5 Å². The van der Waals surface area contributed by atoms with Gasteiger partial charge in [0, 0.05) is 17.3 Å². The Morgan fingerprint density at radius 2 is 1.00 bits per heavy atom. The molecule has 2 aromatic rings. The topological polar surface area (TPSA) is 52.0 Å². The van der Waals surface area contributed by atoms with Crippen LogP contribution in [0.15, 0.2) is 24.3 Å². The fraction of sp³-hybridized carbons (Fsp3) is 0.368. The van der Waals surface area contributed by atoms with Crippen molar-refractivity contribution in [2.45, 2.75) is 47.0 Å². The second-order valence-electron chi connectivity index (χ2n) is 6.10. The molecule has 112 valence electrons. The third-order valence-corrected chi connectivity index (χ3v) is 4.45. The molecule has 0 radical (unpaired) electrons. The van der Waals surface area contributed by atoms with Crippen LogP contribution in [0.3, 0.4) is 0 Å². The summed E-state index contributed by atoms with van der Waals surface area (Å²) in [7, 11) is 0. The predicted molar refractivity (Wildman–Crippen MR) is 92.8 cm³/mol. The Balaban J connectivity index is 2.54. The molecule has 2 nitrogen and oxygen atoms in total. The number of benzene rings is 2. The highest BCUT2D eigenvalue weighted by Gasteiger charge is 2.16. The van der Waals surface area contributed by atoms with Crippen molar-refractivity contribution in [3.8, 4) is 0 Å². The number of hydrogen-bond acceptors (Lipinski definition) is 2. The SMILES string of the molecule is CCC(c1cc(C)c(N)c(C)c1)c1cc(C)c(N)c(C)c1. The molecular formula is C19H26N2. The van der Waals surface area contributed by atoms with Gasteiger partial charge in [0.1, 0.15) is 0 Å². The molecule has 21 heavy (non-hydrogen) atoms. The van der Waals surface area contributed by atoms with Gasteiger partial charge in [-0.05, 0) is 67.5 Å². The number of nitrogen functional groups attached to an aromatic ring is 2. The lowest BCUT2D eigenvalue weighted by atomic mass is 9.85. The fourth-order valence-corrected chi connectivity index (χ4v) is 3.08. The monoisotopic (exact) mass is 282 g/mol. The molecule has 0 spiro atoms. The van der Waals surface area contributed by atoms with Gasteiger partial charge in [-0.3, -0.25) is 0 Å². The molecule has 2 aromatic carbocycles. The van der Waals surface area contributed by atoms with Crippen molar-refractivity contribution in [3.05, 3.63) is 57.6 Å². The second kappa shape index (κ2) is 5.80. The molecule has 2 heteroatoms. The molecule has 0 bridgehead atoms. The smallest absolute Gasteiger partial charge is 0.0373 e. The lowest BCUT2D eigenvalue weighted by Gasteiger charge is -2.20. The van der Waals surface area contributed by atoms with E-state index in [-0.39, 0.29) is 0 Å². The number of anilines is 2. The molecule has 4 N–H and O–H groups in total. The molecule has 0 saturated carbocycles. The maximum absolute atomic E-state index is 6.08. The van der Waals surface area contributed by atoms with E-state index in [1.807, 2.05) is 0 Å². The minimum absolute atomic E-state index is 0.390. The van der Waals surface area contributed by atoms with E-state index in [4.69, 9.17) is 11.5 Å². The summed E-state index contributed by atoms with van der Waals surface area (Å²) in [6, 6.07) is 8.88. The van der Waals surface area contributed by atoms with Crippen LogP contribution in [0.5, 0.6) is 0 Å². The van der Waals surface area contributed by atoms with Crippen molar-refractivity contribution < 1.29 is 0 Å². The lowest BCUT2D eigenvalue weighted by molar-refractivity contribution is 0.774. The van der Waals surface area contributed by atoms with E-state index in [0.29, 0.717) is 5.92 Å². The molecule has 2 rings (SSSR count). The lowest BCUT2D eigenvalue weighted by Crippen LogP contribution is -2.05. The van der Waals surface area contributed by atoms with Gasteiger partial charge in [-0.2, -0.15) is 0 Å². The summed E-state index contributed by atoms with van der Waals surface area (Å²) in [5, 5.41) is 0. The number of rotatable bonds is 3. The first-order chi connectivity index (χ1) is 9.85.